The van der Waals surface area contributed by atoms with Gasteiger partial charge in [-0.25, -0.2) is 8.42 Å². The van der Waals surface area contributed by atoms with Gasteiger partial charge < -0.3 is 14.8 Å². The number of rotatable bonds is 6. The van der Waals surface area contributed by atoms with Crippen LogP contribution in [0.5, 0.6) is 11.5 Å². The molecule has 1 N–H and O–H groups in total. The number of carbonyl (C=O) groups excluding carboxylic acids is 1. The second-order valence-electron chi connectivity index (χ2n) is 7.05. The minimum Gasteiger partial charge on any atom is -0.493 e. The highest BCUT2D eigenvalue weighted by Crippen LogP contribution is 2.33. The molecule has 7 nitrogen and oxygen atoms in total. The summed E-state index contributed by atoms with van der Waals surface area (Å²) in [6.07, 6.45) is 1.10. The van der Waals surface area contributed by atoms with Crippen molar-refractivity contribution >= 4 is 21.6 Å². The molecule has 0 aliphatic carbocycles. The van der Waals surface area contributed by atoms with Gasteiger partial charge in [0.25, 0.3) is 0 Å². The fourth-order valence-corrected chi connectivity index (χ4v) is 5.29. The molecular formula is C21H26N2O5S. The van der Waals surface area contributed by atoms with Gasteiger partial charge in [-0.3, -0.25) is 4.79 Å². The molecule has 1 amide bonds. The maximum absolute atomic E-state index is 13.3. The molecular weight excluding hydrogens is 392 g/mol. The predicted octanol–water partition coefficient (Wildman–Crippen LogP) is 3.11. The van der Waals surface area contributed by atoms with E-state index in [1.807, 2.05) is 32.0 Å². The van der Waals surface area contributed by atoms with E-state index in [2.05, 4.69) is 5.32 Å². The number of anilines is 1. The molecule has 1 heterocycles. The van der Waals surface area contributed by atoms with Crippen LogP contribution in [0.4, 0.5) is 5.69 Å². The molecule has 1 atom stereocenters. The fourth-order valence-electron chi connectivity index (χ4n) is 3.62. The highest BCUT2D eigenvalue weighted by Gasteiger charge is 2.40. The third-order valence-electron chi connectivity index (χ3n) is 5.20. The molecule has 1 aliphatic rings. The number of nitrogens with zero attached hydrogens (tertiary/aromatic N) is 1. The minimum atomic E-state index is -3.87. The molecule has 3 rings (SSSR count). The zero-order valence-electron chi connectivity index (χ0n) is 17.1. The van der Waals surface area contributed by atoms with E-state index in [4.69, 9.17) is 9.47 Å². The van der Waals surface area contributed by atoms with E-state index in [9.17, 15) is 13.2 Å². The van der Waals surface area contributed by atoms with E-state index >= 15 is 0 Å². The smallest absolute Gasteiger partial charge is 0.243 e. The summed E-state index contributed by atoms with van der Waals surface area (Å²) in [7, 11) is -0.930. The van der Waals surface area contributed by atoms with Gasteiger partial charge in [0.1, 0.15) is 6.04 Å². The van der Waals surface area contributed by atoms with Crippen molar-refractivity contribution in [2.24, 2.45) is 0 Å². The largest absolute Gasteiger partial charge is 0.493 e. The zero-order valence-corrected chi connectivity index (χ0v) is 17.9. The molecule has 1 saturated heterocycles. The summed E-state index contributed by atoms with van der Waals surface area (Å²) in [5.74, 6) is 0.449. The van der Waals surface area contributed by atoms with Gasteiger partial charge in [-0.1, -0.05) is 18.2 Å². The number of para-hydroxylation sites is 1. The maximum atomic E-state index is 13.3. The lowest BCUT2D eigenvalue weighted by Gasteiger charge is -2.24. The Labute approximate surface area is 171 Å². The number of aryl methyl sites for hydroxylation is 2. The van der Waals surface area contributed by atoms with Gasteiger partial charge in [0.15, 0.2) is 11.5 Å². The Hall–Kier alpha value is -2.58. The molecule has 156 valence electrons. The summed E-state index contributed by atoms with van der Waals surface area (Å²) in [5.41, 5.74) is 2.60. The second kappa shape index (κ2) is 8.42. The summed E-state index contributed by atoms with van der Waals surface area (Å²) < 4.78 is 38.2. The van der Waals surface area contributed by atoms with Gasteiger partial charge in [0.05, 0.1) is 19.1 Å². The Morgan fingerprint density at radius 2 is 1.72 bits per heavy atom. The topological polar surface area (TPSA) is 84.9 Å². The lowest BCUT2D eigenvalue weighted by Crippen LogP contribution is -2.43. The molecule has 29 heavy (non-hydrogen) atoms. The summed E-state index contributed by atoms with van der Waals surface area (Å²) in [5, 5.41) is 2.93. The molecule has 1 aliphatic heterocycles. The summed E-state index contributed by atoms with van der Waals surface area (Å²) in [6.45, 7) is 4.12. The van der Waals surface area contributed by atoms with Crippen molar-refractivity contribution in [2.75, 3.05) is 26.1 Å². The SMILES string of the molecule is COc1ccc(S(=O)(=O)N2CCCC2C(=O)Nc2c(C)cccc2C)cc1OC. The minimum absolute atomic E-state index is 0.0712. The van der Waals surface area contributed by atoms with Gasteiger partial charge in [-0.15, -0.1) is 0 Å². The third kappa shape index (κ3) is 4.09. The van der Waals surface area contributed by atoms with E-state index in [1.165, 1.54) is 30.7 Å². The van der Waals surface area contributed by atoms with Crippen LogP contribution in [-0.4, -0.2) is 45.4 Å². The molecule has 0 bridgehead atoms. The quantitative estimate of drug-likeness (QED) is 0.779. The number of carbonyl (C=O) groups is 1. The first-order chi connectivity index (χ1) is 13.8. The van der Waals surface area contributed by atoms with Crippen molar-refractivity contribution in [3.63, 3.8) is 0 Å². The second-order valence-corrected chi connectivity index (χ2v) is 8.94. The van der Waals surface area contributed by atoms with Gasteiger partial charge in [-0.2, -0.15) is 4.31 Å². The van der Waals surface area contributed by atoms with Crippen molar-refractivity contribution in [1.82, 2.24) is 4.31 Å². The van der Waals surface area contributed by atoms with E-state index in [0.29, 0.717) is 30.9 Å². The van der Waals surface area contributed by atoms with Gasteiger partial charge in [-0.05, 0) is 49.9 Å². The monoisotopic (exact) mass is 418 g/mol. The molecule has 0 radical (unpaired) electrons. The highest BCUT2D eigenvalue weighted by atomic mass is 32.2. The first-order valence-electron chi connectivity index (χ1n) is 9.40. The van der Waals surface area contributed by atoms with Crippen molar-refractivity contribution in [3.05, 3.63) is 47.5 Å². The molecule has 8 heteroatoms. The Morgan fingerprint density at radius 1 is 1.07 bits per heavy atom. The van der Waals surface area contributed by atoms with Gasteiger partial charge >= 0.3 is 0 Å². The number of ether oxygens (including phenoxy) is 2. The van der Waals surface area contributed by atoms with Crippen LogP contribution in [0.1, 0.15) is 24.0 Å². The van der Waals surface area contributed by atoms with Crippen molar-refractivity contribution in [3.8, 4) is 11.5 Å². The van der Waals surface area contributed by atoms with Crippen LogP contribution < -0.4 is 14.8 Å². The number of amides is 1. The van der Waals surface area contributed by atoms with E-state index < -0.39 is 16.1 Å². The number of hydrogen-bond acceptors (Lipinski definition) is 5. The van der Waals surface area contributed by atoms with Crippen LogP contribution in [0.3, 0.4) is 0 Å². The molecule has 2 aromatic rings. The number of benzene rings is 2. The average Bonchev–Trinajstić information content (AvgIpc) is 3.21. The highest BCUT2D eigenvalue weighted by molar-refractivity contribution is 7.89. The van der Waals surface area contributed by atoms with Crippen LogP contribution in [-0.2, 0) is 14.8 Å². The summed E-state index contributed by atoms with van der Waals surface area (Å²) >= 11 is 0. The normalized spacial score (nSPS) is 17.2. The van der Waals surface area contributed by atoms with E-state index in [1.54, 1.807) is 6.07 Å². The molecule has 0 spiro atoms. The Kier molecular flexibility index (Phi) is 6.14. The lowest BCUT2D eigenvalue weighted by atomic mass is 10.1. The van der Waals surface area contributed by atoms with Crippen LogP contribution in [0.2, 0.25) is 0 Å². The average molecular weight is 419 g/mol. The molecule has 1 fully saturated rings. The Morgan fingerprint density at radius 3 is 2.34 bits per heavy atom. The van der Waals surface area contributed by atoms with Crippen LogP contribution in [0.15, 0.2) is 41.3 Å². The number of nitrogens with one attached hydrogen (secondary N) is 1. The first kappa shape index (κ1) is 21.1. The molecule has 1 unspecified atom stereocenters. The molecule has 0 saturated carbocycles. The summed E-state index contributed by atoms with van der Waals surface area (Å²) in [6, 6.07) is 9.43. The van der Waals surface area contributed by atoms with Crippen molar-refractivity contribution in [2.45, 2.75) is 37.6 Å². The Balaban J connectivity index is 1.89. The number of hydrogen-bond donors (Lipinski definition) is 1. The summed E-state index contributed by atoms with van der Waals surface area (Å²) in [4.78, 5) is 13.0. The number of methoxy groups -OCH3 is 2. The van der Waals surface area contributed by atoms with Crippen molar-refractivity contribution in [1.29, 1.82) is 0 Å². The fraction of sp³-hybridized carbons (Fsp3) is 0.381. The van der Waals surface area contributed by atoms with E-state index in [-0.39, 0.29) is 10.8 Å². The third-order valence-corrected chi connectivity index (χ3v) is 7.10. The van der Waals surface area contributed by atoms with Crippen LogP contribution >= 0.6 is 0 Å². The van der Waals surface area contributed by atoms with Gasteiger partial charge in [0, 0.05) is 18.3 Å². The first-order valence-corrected chi connectivity index (χ1v) is 10.8. The predicted molar refractivity (Wildman–Crippen MR) is 111 cm³/mol. The number of sulfonamides is 1. The van der Waals surface area contributed by atoms with E-state index in [0.717, 1.165) is 16.8 Å². The lowest BCUT2D eigenvalue weighted by molar-refractivity contribution is -0.119. The maximum Gasteiger partial charge on any atom is 0.243 e. The van der Waals surface area contributed by atoms with Gasteiger partial charge in [0.2, 0.25) is 15.9 Å². The van der Waals surface area contributed by atoms with Crippen LogP contribution in [0, 0.1) is 13.8 Å². The molecule has 2 aromatic carbocycles. The molecule has 0 aromatic heterocycles. The Bertz CT molecular complexity index is 999. The van der Waals surface area contributed by atoms with Crippen LogP contribution in [0.25, 0.3) is 0 Å². The van der Waals surface area contributed by atoms with Crippen molar-refractivity contribution < 1.29 is 22.7 Å². The standard InChI is InChI=1S/C21H26N2O5S/c1-14-7-5-8-15(2)20(14)22-21(24)17-9-6-12-23(17)29(25,26)16-10-11-18(27-3)19(13-16)28-4/h5,7-8,10-11,13,17H,6,9,12H2,1-4H3,(H,22,24). The zero-order chi connectivity index (χ0) is 21.2.